The van der Waals surface area contributed by atoms with Crippen LogP contribution in [0.2, 0.25) is 0 Å². The molecule has 9 rings (SSSR count). The van der Waals surface area contributed by atoms with Gasteiger partial charge in [0.1, 0.15) is 0 Å². The van der Waals surface area contributed by atoms with Gasteiger partial charge in [-0.2, -0.15) is 0 Å². The van der Waals surface area contributed by atoms with E-state index in [1.807, 2.05) is 23.5 Å². The van der Waals surface area contributed by atoms with Gasteiger partial charge in [0.25, 0.3) is 0 Å². The summed E-state index contributed by atoms with van der Waals surface area (Å²) in [7, 11) is 0. The van der Waals surface area contributed by atoms with Crippen LogP contribution in [-0.2, 0) is 0 Å². The van der Waals surface area contributed by atoms with Crippen molar-refractivity contribution >= 4 is 31.5 Å². The summed E-state index contributed by atoms with van der Waals surface area (Å²) in [6.07, 6.45) is 0. The van der Waals surface area contributed by atoms with Crippen LogP contribution in [0, 0.1) is 0 Å². The van der Waals surface area contributed by atoms with Crippen molar-refractivity contribution in [1.29, 1.82) is 0 Å². The fourth-order valence-corrected chi connectivity index (χ4v) is 7.83. The topological polar surface area (TPSA) is 25.8 Å². The van der Waals surface area contributed by atoms with Crippen molar-refractivity contribution < 1.29 is 0 Å². The van der Waals surface area contributed by atoms with Gasteiger partial charge in [-0.1, -0.05) is 164 Å². The minimum Gasteiger partial charge on any atom is -0.228 e. The van der Waals surface area contributed by atoms with Gasteiger partial charge in [0.15, 0.2) is 5.82 Å². The SMILES string of the molecule is c1ccc(-c2ccc(-c3ccc(-c4ccc5c(c4)sc4c(-c6nc(-c7ccccc7)cc(-c7ccccc7)n6)cccc45)cc3)cc2)cc1. The lowest BCUT2D eigenvalue weighted by Gasteiger charge is -2.10. The van der Waals surface area contributed by atoms with Gasteiger partial charge in [-0.15, -0.1) is 11.3 Å². The predicted molar refractivity (Wildman–Crippen MR) is 208 cm³/mol. The quantitative estimate of drug-likeness (QED) is 0.180. The number of aromatic nitrogens is 2. The van der Waals surface area contributed by atoms with Gasteiger partial charge in [-0.3, -0.25) is 0 Å². The molecular weight excluding hydrogens is 613 g/mol. The normalized spacial score (nSPS) is 11.3. The Bertz CT molecular complexity index is 2500. The third-order valence-corrected chi connectivity index (χ3v) is 10.4. The average Bonchev–Trinajstić information content (AvgIpc) is 3.57. The zero-order valence-corrected chi connectivity index (χ0v) is 27.4. The number of thiophene rings is 1. The summed E-state index contributed by atoms with van der Waals surface area (Å²) in [5, 5.41) is 2.48. The summed E-state index contributed by atoms with van der Waals surface area (Å²) in [5.41, 5.74) is 12.3. The molecule has 0 unspecified atom stereocenters. The van der Waals surface area contributed by atoms with Crippen molar-refractivity contribution in [2.45, 2.75) is 0 Å². The Labute approximate surface area is 289 Å². The summed E-state index contributed by atoms with van der Waals surface area (Å²) in [6.45, 7) is 0. The van der Waals surface area contributed by atoms with Crippen LogP contribution in [0.3, 0.4) is 0 Å². The highest BCUT2D eigenvalue weighted by molar-refractivity contribution is 7.26. The first-order chi connectivity index (χ1) is 24.3. The maximum absolute atomic E-state index is 5.13. The van der Waals surface area contributed by atoms with Crippen LogP contribution in [0.4, 0.5) is 0 Å². The maximum Gasteiger partial charge on any atom is 0.161 e. The molecule has 0 N–H and O–H groups in total. The number of benzene rings is 7. The fraction of sp³-hybridized carbons (Fsp3) is 0. The molecular formula is C46H30N2S. The summed E-state index contributed by atoms with van der Waals surface area (Å²) < 4.78 is 2.45. The minimum absolute atomic E-state index is 0.741. The van der Waals surface area contributed by atoms with Crippen LogP contribution < -0.4 is 0 Å². The lowest BCUT2D eigenvalue weighted by molar-refractivity contribution is 1.19. The maximum atomic E-state index is 5.13. The Morgan fingerprint density at radius 2 is 0.776 bits per heavy atom. The summed E-state index contributed by atoms with van der Waals surface area (Å²) in [5.74, 6) is 0.741. The predicted octanol–water partition coefficient (Wildman–Crippen LogP) is 12.8. The average molecular weight is 643 g/mol. The van der Waals surface area contributed by atoms with Crippen molar-refractivity contribution in [3.05, 3.63) is 182 Å². The van der Waals surface area contributed by atoms with Gasteiger partial charge < -0.3 is 0 Å². The molecule has 2 heterocycles. The second-order valence-corrected chi connectivity index (χ2v) is 13.3. The third kappa shape index (κ3) is 5.61. The molecule has 0 atom stereocenters. The second kappa shape index (κ2) is 12.5. The van der Waals surface area contributed by atoms with E-state index in [4.69, 9.17) is 9.97 Å². The monoisotopic (exact) mass is 642 g/mol. The van der Waals surface area contributed by atoms with E-state index in [0.717, 1.165) is 33.9 Å². The van der Waals surface area contributed by atoms with Gasteiger partial charge in [0.2, 0.25) is 0 Å². The van der Waals surface area contributed by atoms with Crippen molar-refractivity contribution in [2.24, 2.45) is 0 Å². The van der Waals surface area contributed by atoms with E-state index < -0.39 is 0 Å². The molecule has 0 radical (unpaired) electrons. The van der Waals surface area contributed by atoms with Gasteiger partial charge in [0.05, 0.1) is 11.4 Å². The zero-order valence-electron chi connectivity index (χ0n) is 26.6. The largest absolute Gasteiger partial charge is 0.228 e. The Morgan fingerprint density at radius 1 is 0.327 bits per heavy atom. The van der Waals surface area contributed by atoms with E-state index in [-0.39, 0.29) is 0 Å². The number of rotatable bonds is 6. The zero-order chi connectivity index (χ0) is 32.6. The molecule has 0 fully saturated rings. The second-order valence-electron chi connectivity index (χ2n) is 12.2. The minimum atomic E-state index is 0.741. The van der Waals surface area contributed by atoms with E-state index in [0.29, 0.717) is 0 Å². The Balaban J connectivity index is 1.08. The molecule has 9 aromatic rings. The van der Waals surface area contributed by atoms with E-state index in [1.165, 1.54) is 53.6 Å². The molecule has 2 aromatic heterocycles. The highest BCUT2D eigenvalue weighted by atomic mass is 32.1. The Hall–Kier alpha value is -6.16. The fourth-order valence-electron chi connectivity index (χ4n) is 6.58. The van der Waals surface area contributed by atoms with Crippen molar-refractivity contribution in [3.8, 4) is 67.3 Å². The van der Waals surface area contributed by atoms with Gasteiger partial charge >= 0.3 is 0 Å². The summed E-state index contributed by atoms with van der Waals surface area (Å²) in [4.78, 5) is 10.3. The molecule has 0 aliphatic carbocycles. The van der Waals surface area contributed by atoms with Gasteiger partial charge in [-0.05, 0) is 51.6 Å². The number of fused-ring (bicyclic) bond motifs is 3. The van der Waals surface area contributed by atoms with Crippen LogP contribution >= 0.6 is 11.3 Å². The smallest absolute Gasteiger partial charge is 0.161 e. The highest BCUT2D eigenvalue weighted by Gasteiger charge is 2.16. The Kier molecular flexibility index (Phi) is 7.38. The number of nitrogens with zero attached hydrogens (tertiary/aromatic N) is 2. The van der Waals surface area contributed by atoms with Crippen molar-refractivity contribution in [3.63, 3.8) is 0 Å². The van der Waals surface area contributed by atoms with Gasteiger partial charge in [-0.25, -0.2) is 9.97 Å². The molecule has 0 spiro atoms. The Morgan fingerprint density at radius 3 is 1.31 bits per heavy atom. The van der Waals surface area contributed by atoms with Crippen molar-refractivity contribution in [1.82, 2.24) is 9.97 Å². The lowest BCUT2D eigenvalue weighted by atomic mass is 9.97. The standard InChI is InChI=1S/C46H30N2S/c1-4-11-31(12-5-1)32-19-21-33(22-20-32)34-23-25-35(26-24-34)38-27-28-39-40-17-10-18-41(45(40)49-44(39)29-38)46-47-42(36-13-6-2-7-14-36)30-43(48-46)37-15-8-3-9-16-37/h1-30H. The number of hydrogen-bond donors (Lipinski definition) is 0. The number of hydrogen-bond acceptors (Lipinski definition) is 3. The summed E-state index contributed by atoms with van der Waals surface area (Å²) in [6, 6.07) is 64.4. The van der Waals surface area contributed by atoms with E-state index >= 15 is 0 Å². The third-order valence-electron chi connectivity index (χ3n) is 9.15. The summed E-state index contributed by atoms with van der Waals surface area (Å²) >= 11 is 1.81. The lowest BCUT2D eigenvalue weighted by Crippen LogP contribution is -1.96. The molecule has 0 aliphatic rings. The molecule has 0 aliphatic heterocycles. The van der Waals surface area contributed by atoms with Crippen LogP contribution in [0.5, 0.6) is 0 Å². The van der Waals surface area contributed by atoms with Crippen LogP contribution in [0.15, 0.2) is 182 Å². The van der Waals surface area contributed by atoms with E-state index in [9.17, 15) is 0 Å². The van der Waals surface area contributed by atoms with E-state index in [1.54, 1.807) is 0 Å². The molecule has 49 heavy (non-hydrogen) atoms. The molecule has 0 amide bonds. The van der Waals surface area contributed by atoms with Gasteiger partial charge in [0, 0.05) is 36.9 Å². The molecule has 3 heteroatoms. The van der Waals surface area contributed by atoms with Crippen LogP contribution in [-0.4, -0.2) is 9.97 Å². The first-order valence-corrected chi connectivity index (χ1v) is 17.3. The first-order valence-electron chi connectivity index (χ1n) is 16.5. The molecule has 0 saturated heterocycles. The highest BCUT2D eigenvalue weighted by Crippen LogP contribution is 2.41. The molecule has 7 aromatic carbocycles. The molecule has 2 nitrogen and oxygen atoms in total. The molecule has 230 valence electrons. The van der Waals surface area contributed by atoms with Crippen molar-refractivity contribution in [2.75, 3.05) is 0 Å². The van der Waals surface area contributed by atoms with Crippen LogP contribution in [0.1, 0.15) is 0 Å². The molecule has 0 saturated carbocycles. The van der Waals surface area contributed by atoms with E-state index in [2.05, 4.69) is 170 Å². The molecule has 0 bridgehead atoms. The first kappa shape index (κ1) is 29.0. The van der Waals surface area contributed by atoms with Crippen LogP contribution in [0.25, 0.3) is 87.5 Å².